The van der Waals surface area contributed by atoms with Crippen molar-refractivity contribution in [3.8, 4) is 0 Å². The number of likely N-dealkylation sites (tertiary alicyclic amines) is 1. The Morgan fingerprint density at radius 2 is 2.00 bits per heavy atom. The van der Waals surface area contributed by atoms with E-state index in [2.05, 4.69) is 57.7 Å². The molecular formula is C17H25N5S. The summed E-state index contributed by atoms with van der Waals surface area (Å²) in [6.45, 7) is 5.62. The molecule has 1 aliphatic heterocycles. The molecule has 124 valence electrons. The molecule has 1 aromatic carbocycles. The van der Waals surface area contributed by atoms with E-state index in [0.29, 0.717) is 11.2 Å². The monoisotopic (exact) mass is 331 g/mol. The van der Waals surface area contributed by atoms with Gasteiger partial charge in [-0.15, -0.1) is 10.2 Å². The maximum atomic E-state index is 5.66. The number of nitrogens with one attached hydrogen (secondary N) is 1. The molecule has 0 bridgehead atoms. The van der Waals surface area contributed by atoms with Gasteiger partial charge in [0.15, 0.2) is 0 Å². The third kappa shape index (κ3) is 4.73. The number of hydrogen-bond donors (Lipinski definition) is 2. The summed E-state index contributed by atoms with van der Waals surface area (Å²) >= 11 is 1.47. The number of nitrogen functional groups attached to an aromatic ring is 1. The zero-order valence-corrected chi connectivity index (χ0v) is 14.4. The summed E-state index contributed by atoms with van der Waals surface area (Å²) < 4.78 is 0. The Hall–Kier alpha value is -1.50. The largest absolute Gasteiger partial charge is 0.374 e. The van der Waals surface area contributed by atoms with Crippen LogP contribution in [-0.2, 0) is 6.42 Å². The summed E-state index contributed by atoms with van der Waals surface area (Å²) in [5.41, 5.74) is 7.09. The number of hydrogen-bond acceptors (Lipinski definition) is 6. The van der Waals surface area contributed by atoms with E-state index in [0.717, 1.165) is 31.1 Å². The van der Waals surface area contributed by atoms with Crippen molar-refractivity contribution >= 4 is 16.5 Å². The Bertz CT molecular complexity index is 592. The van der Waals surface area contributed by atoms with E-state index in [1.807, 2.05) is 0 Å². The molecule has 3 rings (SSSR count). The minimum Gasteiger partial charge on any atom is -0.374 e. The number of piperidine rings is 1. The van der Waals surface area contributed by atoms with Crippen LogP contribution in [0.15, 0.2) is 30.3 Å². The maximum Gasteiger partial charge on any atom is 0.203 e. The zero-order chi connectivity index (χ0) is 16.1. The molecule has 0 unspecified atom stereocenters. The highest BCUT2D eigenvalue weighted by Crippen LogP contribution is 2.21. The van der Waals surface area contributed by atoms with Gasteiger partial charge in [-0.2, -0.15) is 0 Å². The maximum absolute atomic E-state index is 5.66. The molecule has 5 nitrogen and oxygen atoms in total. The third-order valence-corrected chi connectivity index (χ3v) is 5.39. The fourth-order valence-corrected chi connectivity index (χ4v) is 3.72. The lowest BCUT2D eigenvalue weighted by Gasteiger charge is -2.33. The van der Waals surface area contributed by atoms with Crippen LogP contribution in [0.1, 0.15) is 36.4 Å². The predicted molar refractivity (Wildman–Crippen MR) is 95.5 cm³/mol. The molecule has 0 aliphatic carbocycles. The van der Waals surface area contributed by atoms with Gasteiger partial charge in [0.05, 0.1) is 6.04 Å². The van der Waals surface area contributed by atoms with E-state index >= 15 is 0 Å². The van der Waals surface area contributed by atoms with E-state index in [9.17, 15) is 0 Å². The predicted octanol–water partition coefficient (Wildman–Crippen LogP) is 2.48. The van der Waals surface area contributed by atoms with E-state index < -0.39 is 0 Å². The van der Waals surface area contributed by atoms with Gasteiger partial charge in [0, 0.05) is 12.6 Å². The third-order valence-electron chi connectivity index (χ3n) is 4.46. The van der Waals surface area contributed by atoms with Crippen LogP contribution < -0.4 is 11.1 Å². The normalized spacial score (nSPS) is 18.1. The zero-order valence-electron chi connectivity index (χ0n) is 13.6. The second-order valence-corrected chi connectivity index (χ2v) is 7.26. The van der Waals surface area contributed by atoms with Crippen molar-refractivity contribution < 1.29 is 0 Å². The molecule has 0 radical (unpaired) electrons. The molecule has 23 heavy (non-hydrogen) atoms. The van der Waals surface area contributed by atoms with Gasteiger partial charge in [0.1, 0.15) is 5.01 Å². The van der Waals surface area contributed by atoms with Crippen LogP contribution in [-0.4, -0.2) is 40.8 Å². The molecule has 0 spiro atoms. The van der Waals surface area contributed by atoms with Gasteiger partial charge in [-0.3, -0.25) is 0 Å². The molecule has 3 N–H and O–H groups in total. The van der Waals surface area contributed by atoms with Gasteiger partial charge in [-0.1, -0.05) is 41.7 Å². The van der Waals surface area contributed by atoms with Gasteiger partial charge < -0.3 is 16.0 Å². The van der Waals surface area contributed by atoms with Gasteiger partial charge >= 0.3 is 0 Å². The number of benzene rings is 1. The van der Waals surface area contributed by atoms with Crippen molar-refractivity contribution in [2.75, 3.05) is 25.4 Å². The van der Waals surface area contributed by atoms with Crippen molar-refractivity contribution in [3.05, 3.63) is 40.9 Å². The highest BCUT2D eigenvalue weighted by molar-refractivity contribution is 7.15. The summed E-state index contributed by atoms with van der Waals surface area (Å²) in [5, 5.41) is 13.2. The SMILES string of the molecule is C[C@H](NC1CCN(CCc2ccccc2)CC1)c1nnc(N)s1. The molecule has 1 saturated heterocycles. The topological polar surface area (TPSA) is 67.1 Å². The van der Waals surface area contributed by atoms with Gasteiger partial charge in [0.2, 0.25) is 5.13 Å². The van der Waals surface area contributed by atoms with Crippen molar-refractivity contribution in [1.82, 2.24) is 20.4 Å². The molecular weight excluding hydrogens is 306 g/mol. The fourth-order valence-electron chi connectivity index (χ4n) is 3.10. The van der Waals surface area contributed by atoms with Gasteiger partial charge in [-0.25, -0.2) is 0 Å². The van der Waals surface area contributed by atoms with E-state index in [4.69, 9.17) is 5.73 Å². The molecule has 2 heterocycles. The second kappa shape index (κ2) is 7.86. The number of rotatable bonds is 6. The van der Waals surface area contributed by atoms with Crippen molar-refractivity contribution in [3.63, 3.8) is 0 Å². The molecule has 6 heteroatoms. The van der Waals surface area contributed by atoms with Crippen molar-refractivity contribution in [2.45, 2.75) is 38.3 Å². The molecule has 1 aromatic heterocycles. The summed E-state index contributed by atoms with van der Waals surface area (Å²) in [6.07, 6.45) is 3.51. The smallest absolute Gasteiger partial charge is 0.203 e. The van der Waals surface area contributed by atoms with Crippen LogP contribution >= 0.6 is 11.3 Å². The molecule has 1 fully saturated rings. The van der Waals surface area contributed by atoms with Crippen LogP contribution in [0.3, 0.4) is 0 Å². The average molecular weight is 331 g/mol. The van der Waals surface area contributed by atoms with Crippen LogP contribution in [0.4, 0.5) is 5.13 Å². The molecule has 1 atom stereocenters. The Morgan fingerprint density at radius 1 is 1.26 bits per heavy atom. The molecule has 1 aliphatic rings. The second-order valence-electron chi connectivity index (χ2n) is 6.22. The number of nitrogens with two attached hydrogens (primary N) is 1. The first-order valence-corrected chi connectivity index (χ1v) is 9.13. The van der Waals surface area contributed by atoms with Crippen LogP contribution in [0.25, 0.3) is 0 Å². The average Bonchev–Trinajstić information content (AvgIpc) is 3.02. The van der Waals surface area contributed by atoms with E-state index in [1.165, 1.54) is 29.7 Å². The first kappa shape index (κ1) is 16.4. The Labute approximate surface area is 141 Å². The summed E-state index contributed by atoms with van der Waals surface area (Å²) in [6, 6.07) is 11.5. The summed E-state index contributed by atoms with van der Waals surface area (Å²) in [4.78, 5) is 2.57. The number of nitrogens with zero attached hydrogens (tertiary/aromatic N) is 3. The van der Waals surface area contributed by atoms with Crippen LogP contribution in [0.2, 0.25) is 0 Å². The first-order chi connectivity index (χ1) is 11.2. The highest BCUT2D eigenvalue weighted by Gasteiger charge is 2.21. The summed E-state index contributed by atoms with van der Waals surface area (Å²) in [5.74, 6) is 0. The quantitative estimate of drug-likeness (QED) is 0.851. The number of anilines is 1. The van der Waals surface area contributed by atoms with Crippen LogP contribution in [0, 0.1) is 0 Å². The Balaban J connectivity index is 1.40. The van der Waals surface area contributed by atoms with E-state index in [-0.39, 0.29) is 6.04 Å². The first-order valence-electron chi connectivity index (χ1n) is 8.32. The minimum absolute atomic E-state index is 0.227. The fraction of sp³-hybridized carbons (Fsp3) is 0.529. The molecule has 2 aromatic rings. The van der Waals surface area contributed by atoms with Crippen LogP contribution in [0.5, 0.6) is 0 Å². The van der Waals surface area contributed by atoms with Gasteiger partial charge in [0.25, 0.3) is 0 Å². The Morgan fingerprint density at radius 3 is 2.65 bits per heavy atom. The molecule has 0 saturated carbocycles. The lowest BCUT2D eigenvalue weighted by Crippen LogP contribution is -2.43. The highest BCUT2D eigenvalue weighted by atomic mass is 32.1. The lowest BCUT2D eigenvalue weighted by atomic mass is 10.0. The van der Waals surface area contributed by atoms with Crippen molar-refractivity contribution in [1.29, 1.82) is 0 Å². The Kier molecular flexibility index (Phi) is 5.59. The standard InChI is InChI=1S/C17H25N5S/c1-13(16-20-21-17(18)23-16)19-15-8-11-22(12-9-15)10-7-14-5-3-2-4-6-14/h2-6,13,15,19H,7-12H2,1H3,(H2,18,21)/t13-/m0/s1. The van der Waals surface area contributed by atoms with E-state index in [1.54, 1.807) is 0 Å². The summed E-state index contributed by atoms with van der Waals surface area (Å²) in [7, 11) is 0. The number of aromatic nitrogens is 2. The van der Waals surface area contributed by atoms with Gasteiger partial charge in [-0.05, 0) is 44.8 Å². The lowest BCUT2D eigenvalue weighted by molar-refractivity contribution is 0.194. The van der Waals surface area contributed by atoms with Crippen molar-refractivity contribution in [2.24, 2.45) is 0 Å². The molecule has 0 amide bonds. The minimum atomic E-state index is 0.227.